The van der Waals surface area contributed by atoms with Gasteiger partial charge in [0.1, 0.15) is 5.41 Å². The van der Waals surface area contributed by atoms with E-state index in [9.17, 15) is 18.0 Å². The quantitative estimate of drug-likeness (QED) is 0.569. The van der Waals surface area contributed by atoms with Crippen molar-refractivity contribution < 1.29 is 18.0 Å². The van der Waals surface area contributed by atoms with Crippen molar-refractivity contribution in [2.45, 2.75) is 58.4 Å². The number of allylic oxidation sites excluding steroid dienone is 1. The fraction of sp³-hybridized carbons (Fsp3) is 0.778. The van der Waals surface area contributed by atoms with Crippen LogP contribution in [-0.4, -0.2) is 56.3 Å². The molecule has 1 aliphatic carbocycles. The van der Waals surface area contributed by atoms with Crippen LogP contribution in [0.4, 0.5) is 0 Å². The highest BCUT2D eigenvalue weighted by molar-refractivity contribution is 7.91. The Bertz CT molecular complexity index is 652. The van der Waals surface area contributed by atoms with Crippen LogP contribution >= 0.6 is 0 Å². The molecule has 1 heterocycles. The zero-order valence-corrected chi connectivity index (χ0v) is 16.3. The zero-order valence-electron chi connectivity index (χ0n) is 15.5. The Hall–Kier alpha value is -1.37. The van der Waals surface area contributed by atoms with Gasteiger partial charge in [0.15, 0.2) is 9.84 Å². The summed E-state index contributed by atoms with van der Waals surface area (Å²) < 4.78 is 23.2. The third-order valence-corrected chi connectivity index (χ3v) is 7.05. The van der Waals surface area contributed by atoms with Crippen LogP contribution in [0.1, 0.15) is 52.4 Å². The number of sulfone groups is 1. The molecule has 2 amide bonds. The lowest BCUT2D eigenvalue weighted by Gasteiger charge is -2.31. The second-order valence-corrected chi connectivity index (χ2v) is 9.94. The predicted octanol–water partition coefficient (Wildman–Crippen LogP) is 1.66. The van der Waals surface area contributed by atoms with Gasteiger partial charge in [-0.25, -0.2) is 8.42 Å². The first-order chi connectivity index (χ1) is 11.6. The predicted molar refractivity (Wildman–Crippen MR) is 97.8 cm³/mol. The largest absolute Gasteiger partial charge is 0.355 e. The first kappa shape index (κ1) is 19.9. The molecule has 2 aliphatic rings. The second kappa shape index (κ2) is 7.89. The molecule has 142 valence electrons. The van der Waals surface area contributed by atoms with E-state index < -0.39 is 15.3 Å². The topological polar surface area (TPSA) is 83.6 Å². The molecule has 7 heteroatoms. The molecular weight excluding hydrogens is 340 g/mol. The van der Waals surface area contributed by atoms with Crippen molar-refractivity contribution in [3.63, 3.8) is 0 Å². The van der Waals surface area contributed by atoms with E-state index in [1.807, 2.05) is 0 Å². The summed E-state index contributed by atoms with van der Waals surface area (Å²) in [6.07, 6.45) is 8.17. The highest BCUT2D eigenvalue weighted by atomic mass is 32.2. The van der Waals surface area contributed by atoms with E-state index in [0.29, 0.717) is 13.0 Å². The van der Waals surface area contributed by atoms with Gasteiger partial charge < -0.3 is 10.2 Å². The summed E-state index contributed by atoms with van der Waals surface area (Å²) >= 11 is 0. The van der Waals surface area contributed by atoms with Crippen LogP contribution < -0.4 is 5.32 Å². The molecule has 0 aromatic rings. The van der Waals surface area contributed by atoms with Gasteiger partial charge in [-0.2, -0.15) is 0 Å². The lowest BCUT2D eigenvalue weighted by molar-refractivity contribution is -0.148. The molecule has 1 fully saturated rings. The van der Waals surface area contributed by atoms with Crippen LogP contribution in [0.25, 0.3) is 0 Å². The van der Waals surface area contributed by atoms with E-state index in [0.717, 1.165) is 19.3 Å². The Morgan fingerprint density at radius 1 is 1.32 bits per heavy atom. The van der Waals surface area contributed by atoms with E-state index in [1.54, 1.807) is 20.9 Å². The molecule has 0 saturated carbocycles. The average Bonchev–Trinajstić information content (AvgIpc) is 2.94. The van der Waals surface area contributed by atoms with Gasteiger partial charge in [0.2, 0.25) is 11.8 Å². The van der Waals surface area contributed by atoms with Crippen LogP contribution in [0.2, 0.25) is 0 Å². The molecular formula is C18H30N2O4S. The molecule has 2 rings (SSSR count). The molecule has 1 atom stereocenters. The molecule has 1 aliphatic heterocycles. The van der Waals surface area contributed by atoms with E-state index in [2.05, 4.69) is 11.4 Å². The molecule has 0 aromatic carbocycles. The van der Waals surface area contributed by atoms with E-state index in [1.165, 1.54) is 23.3 Å². The van der Waals surface area contributed by atoms with Crippen LogP contribution in [-0.2, 0) is 19.4 Å². The maximum Gasteiger partial charge on any atom is 0.237 e. The standard InChI is InChI=1S/C18H30N2O4S/c1-18(2,16(21)19-11-9-14-7-5-4-6-8-14)17(22)20(3)15-10-12-25(23,24)13-15/h7,15H,4-6,8-13H2,1-3H3,(H,19,21). The summed E-state index contributed by atoms with van der Waals surface area (Å²) in [6.45, 7) is 3.73. The highest BCUT2D eigenvalue weighted by Gasteiger charge is 2.42. The smallest absolute Gasteiger partial charge is 0.237 e. The number of amides is 2. The minimum absolute atomic E-state index is 0.0128. The molecule has 0 aromatic heterocycles. The summed E-state index contributed by atoms with van der Waals surface area (Å²) in [5.74, 6) is -0.538. The number of nitrogens with zero attached hydrogens (tertiary/aromatic N) is 1. The molecule has 1 saturated heterocycles. The number of carbonyl (C=O) groups excluding carboxylic acids is 2. The van der Waals surface area contributed by atoms with Crippen LogP contribution in [0.15, 0.2) is 11.6 Å². The van der Waals surface area contributed by atoms with Crippen molar-refractivity contribution in [2.75, 3.05) is 25.1 Å². The van der Waals surface area contributed by atoms with E-state index >= 15 is 0 Å². The van der Waals surface area contributed by atoms with Gasteiger partial charge >= 0.3 is 0 Å². The number of carbonyl (C=O) groups is 2. The summed E-state index contributed by atoms with van der Waals surface area (Å²) in [7, 11) is -1.47. The van der Waals surface area contributed by atoms with Crippen molar-refractivity contribution in [2.24, 2.45) is 5.41 Å². The number of nitrogens with one attached hydrogen (secondary N) is 1. The number of hydrogen-bond donors (Lipinski definition) is 1. The summed E-state index contributed by atoms with van der Waals surface area (Å²) in [6, 6.07) is -0.336. The molecule has 25 heavy (non-hydrogen) atoms. The third-order valence-electron chi connectivity index (χ3n) is 5.30. The Morgan fingerprint density at radius 3 is 2.60 bits per heavy atom. The Kier molecular flexibility index (Phi) is 6.30. The minimum Gasteiger partial charge on any atom is -0.355 e. The van der Waals surface area contributed by atoms with Crippen LogP contribution in [0, 0.1) is 5.41 Å². The number of hydrogen-bond acceptors (Lipinski definition) is 4. The summed E-state index contributed by atoms with van der Waals surface area (Å²) in [4.78, 5) is 26.7. The van der Waals surface area contributed by atoms with Crippen molar-refractivity contribution in [3.8, 4) is 0 Å². The van der Waals surface area contributed by atoms with Crippen LogP contribution in [0.3, 0.4) is 0 Å². The molecule has 0 spiro atoms. The van der Waals surface area contributed by atoms with Gasteiger partial charge in [-0.05, 0) is 52.4 Å². The highest BCUT2D eigenvalue weighted by Crippen LogP contribution is 2.24. The fourth-order valence-electron chi connectivity index (χ4n) is 3.47. The van der Waals surface area contributed by atoms with Gasteiger partial charge in [0.25, 0.3) is 0 Å². The lowest BCUT2D eigenvalue weighted by atomic mass is 9.89. The van der Waals surface area contributed by atoms with Gasteiger partial charge in [-0.3, -0.25) is 9.59 Å². The van der Waals surface area contributed by atoms with Crippen molar-refractivity contribution in [1.29, 1.82) is 0 Å². The normalized spacial score (nSPS) is 23.0. The van der Waals surface area contributed by atoms with Crippen molar-refractivity contribution in [1.82, 2.24) is 10.2 Å². The van der Waals surface area contributed by atoms with Crippen molar-refractivity contribution >= 4 is 21.7 Å². The van der Waals surface area contributed by atoms with Crippen molar-refractivity contribution in [3.05, 3.63) is 11.6 Å². The SMILES string of the molecule is CN(C(=O)C(C)(C)C(=O)NCCC1=CCCCC1)C1CCS(=O)(=O)C1. The number of rotatable bonds is 6. The van der Waals surface area contributed by atoms with Gasteiger partial charge in [-0.1, -0.05) is 11.6 Å². The molecule has 1 N–H and O–H groups in total. The fourth-order valence-corrected chi connectivity index (χ4v) is 5.25. The molecule has 1 unspecified atom stereocenters. The first-order valence-electron chi connectivity index (χ1n) is 9.07. The zero-order chi connectivity index (χ0) is 18.7. The Balaban J connectivity index is 1.88. The Labute approximate surface area is 151 Å². The van der Waals surface area contributed by atoms with Gasteiger partial charge in [0, 0.05) is 19.6 Å². The average molecular weight is 371 g/mol. The molecule has 6 nitrogen and oxygen atoms in total. The van der Waals surface area contributed by atoms with Crippen LogP contribution in [0.5, 0.6) is 0 Å². The molecule has 0 radical (unpaired) electrons. The van der Waals surface area contributed by atoms with Gasteiger partial charge in [0.05, 0.1) is 11.5 Å². The first-order valence-corrected chi connectivity index (χ1v) is 10.9. The summed E-state index contributed by atoms with van der Waals surface area (Å²) in [5, 5.41) is 2.87. The second-order valence-electron chi connectivity index (χ2n) is 7.71. The maximum absolute atomic E-state index is 12.7. The lowest BCUT2D eigenvalue weighted by Crippen LogP contribution is -2.51. The Morgan fingerprint density at radius 2 is 2.04 bits per heavy atom. The third kappa shape index (κ3) is 5.06. The van der Waals surface area contributed by atoms with Gasteiger partial charge in [-0.15, -0.1) is 0 Å². The summed E-state index contributed by atoms with van der Waals surface area (Å²) in [5.41, 5.74) is 0.172. The minimum atomic E-state index is -3.07. The monoisotopic (exact) mass is 370 g/mol. The van der Waals surface area contributed by atoms with E-state index in [4.69, 9.17) is 0 Å². The maximum atomic E-state index is 12.7. The van der Waals surface area contributed by atoms with E-state index in [-0.39, 0.29) is 29.4 Å². The molecule has 0 bridgehead atoms.